The van der Waals surface area contributed by atoms with Gasteiger partial charge in [-0.15, -0.1) is 0 Å². The molecule has 0 saturated heterocycles. The first kappa shape index (κ1) is 16.5. The molecule has 0 bridgehead atoms. The van der Waals surface area contributed by atoms with Crippen LogP contribution in [0.2, 0.25) is 10.0 Å². The molecule has 8 heteroatoms. The maximum atomic E-state index is 12.5. The monoisotopic (exact) mass is 366 g/mol. The first-order valence-electron chi connectivity index (χ1n) is 6.99. The van der Waals surface area contributed by atoms with Crippen LogP contribution in [0.4, 0.5) is 5.69 Å². The summed E-state index contributed by atoms with van der Waals surface area (Å²) in [5.41, 5.74) is 0.360. The fraction of sp³-hybridized carbons (Fsp3) is 0.188. The van der Waals surface area contributed by atoms with E-state index in [4.69, 9.17) is 27.9 Å². The van der Waals surface area contributed by atoms with Crippen molar-refractivity contribution in [3.63, 3.8) is 0 Å². The number of rotatable bonds is 3. The number of amides is 1. The topological polar surface area (TPSA) is 68.6 Å². The Bertz CT molecular complexity index is 907. The number of aromatic nitrogens is 1. The number of benzene rings is 1. The summed E-state index contributed by atoms with van der Waals surface area (Å²) < 4.78 is 6.47. The van der Waals surface area contributed by atoms with Crippen LogP contribution in [0.5, 0.6) is 5.75 Å². The van der Waals surface area contributed by atoms with Gasteiger partial charge < -0.3 is 14.2 Å². The Balaban J connectivity index is 1.92. The molecule has 6 nitrogen and oxygen atoms in total. The molecule has 0 atom stereocenters. The molecule has 0 radical (unpaired) electrons. The number of pyridine rings is 1. The average Bonchev–Trinajstić information content (AvgIpc) is 2.55. The normalized spacial score (nSPS) is 13.5. The van der Waals surface area contributed by atoms with Gasteiger partial charge in [-0.05, 0) is 24.3 Å². The van der Waals surface area contributed by atoms with Gasteiger partial charge in [0.15, 0.2) is 12.4 Å². The minimum atomic E-state index is -0.497. The number of ether oxygens (including phenoxy) is 1. The number of halogens is 2. The van der Waals surface area contributed by atoms with Crippen molar-refractivity contribution >= 4 is 40.6 Å². The quantitative estimate of drug-likeness (QED) is 0.782. The van der Waals surface area contributed by atoms with Gasteiger partial charge in [0, 0.05) is 18.8 Å². The number of carbonyl (C=O) groups excluding carboxylic acids is 2. The molecule has 1 aliphatic rings. The lowest BCUT2D eigenvalue weighted by atomic mass is 10.1. The number of Topliss-reactive ketones (excluding diaryl/α,β-unsaturated/α-hetero) is 1. The van der Waals surface area contributed by atoms with E-state index >= 15 is 0 Å². The SMILES string of the molecule is CN1C(=O)COc2ccc(C(=O)Cn3cc(Cl)cc(Cl)c3=O)cc21. The lowest BCUT2D eigenvalue weighted by Gasteiger charge is -2.26. The van der Waals surface area contributed by atoms with Crippen LogP contribution in [0.1, 0.15) is 10.4 Å². The highest BCUT2D eigenvalue weighted by Gasteiger charge is 2.23. The van der Waals surface area contributed by atoms with Crippen molar-refractivity contribution in [1.29, 1.82) is 0 Å². The van der Waals surface area contributed by atoms with E-state index < -0.39 is 5.56 Å². The van der Waals surface area contributed by atoms with E-state index in [1.54, 1.807) is 25.2 Å². The van der Waals surface area contributed by atoms with E-state index in [1.807, 2.05) is 0 Å². The van der Waals surface area contributed by atoms with E-state index in [2.05, 4.69) is 0 Å². The van der Waals surface area contributed by atoms with Crippen molar-refractivity contribution in [2.45, 2.75) is 6.54 Å². The van der Waals surface area contributed by atoms with Gasteiger partial charge in [-0.25, -0.2) is 0 Å². The van der Waals surface area contributed by atoms with Gasteiger partial charge in [-0.1, -0.05) is 23.2 Å². The van der Waals surface area contributed by atoms with Gasteiger partial charge >= 0.3 is 0 Å². The van der Waals surface area contributed by atoms with Crippen molar-refractivity contribution in [1.82, 2.24) is 4.57 Å². The third-order valence-electron chi connectivity index (χ3n) is 3.69. The molecule has 1 aromatic carbocycles. The third kappa shape index (κ3) is 3.02. The molecule has 1 amide bonds. The summed E-state index contributed by atoms with van der Waals surface area (Å²) in [5, 5.41) is 0.205. The number of anilines is 1. The van der Waals surface area contributed by atoms with Gasteiger partial charge in [0.05, 0.1) is 17.3 Å². The molecule has 24 heavy (non-hydrogen) atoms. The molecule has 2 aromatic rings. The molecular weight excluding hydrogens is 355 g/mol. The maximum absolute atomic E-state index is 12.5. The predicted molar refractivity (Wildman–Crippen MR) is 90.4 cm³/mol. The summed E-state index contributed by atoms with van der Waals surface area (Å²) in [4.78, 5) is 37.6. The van der Waals surface area contributed by atoms with Gasteiger partial charge in [0.2, 0.25) is 0 Å². The lowest BCUT2D eigenvalue weighted by molar-refractivity contribution is -0.120. The van der Waals surface area contributed by atoms with Crippen molar-refractivity contribution in [3.8, 4) is 5.75 Å². The van der Waals surface area contributed by atoms with Crippen LogP contribution in [0.15, 0.2) is 35.3 Å². The van der Waals surface area contributed by atoms with Gasteiger partial charge in [-0.3, -0.25) is 14.4 Å². The smallest absolute Gasteiger partial charge is 0.269 e. The number of likely N-dealkylation sites (N-methyl/N-ethyl adjacent to an activating group) is 1. The number of ketones is 1. The van der Waals surface area contributed by atoms with Crippen molar-refractivity contribution in [2.75, 3.05) is 18.6 Å². The van der Waals surface area contributed by atoms with Crippen LogP contribution in [-0.2, 0) is 11.3 Å². The number of fused-ring (bicyclic) bond motifs is 1. The zero-order valence-electron chi connectivity index (χ0n) is 12.6. The highest BCUT2D eigenvalue weighted by molar-refractivity contribution is 6.34. The third-order valence-corrected chi connectivity index (χ3v) is 4.17. The van der Waals surface area contributed by atoms with Crippen LogP contribution in [0.25, 0.3) is 0 Å². The summed E-state index contributed by atoms with van der Waals surface area (Å²) in [6.45, 7) is -0.246. The highest BCUT2D eigenvalue weighted by atomic mass is 35.5. The number of hydrogen-bond donors (Lipinski definition) is 0. The molecule has 0 saturated carbocycles. The van der Waals surface area contributed by atoms with Crippen LogP contribution >= 0.6 is 23.2 Å². The Morgan fingerprint density at radius 1 is 1.25 bits per heavy atom. The Hall–Kier alpha value is -2.31. The second-order valence-corrected chi connectivity index (χ2v) is 6.13. The Morgan fingerprint density at radius 2 is 2.00 bits per heavy atom. The molecule has 1 aliphatic heterocycles. The fourth-order valence-electron chi connectivity index (χ4n) is 2.37. The maximum Gasteiger partial charge on any atom is 0.269 e. The summed E-state index contributed by atoms with van der Waals surface area (Å²) >= 11 is 11.7. The minimum Gasteiger partial charge on any atom is -0.482 e. The van der Waals surface area contributed by atoms with Crippen LogP contribution in [-0.4, -0.2) is 29.9 Å². The predicted octanol–water partition coefficient (Wildman–Crippen LogP) is 2.39. The number of carbonyl (C=O) groups is 2. The number of nitrogens with zero attached hydrogens (tertiary/aromatic N) is 2. The zero-order valence-corrected chi connectivity index (χ0v) is 14.1. The van der Waals surface area contributed by atoms with Gasteiger partial charge in [-0.2, -0.15) is 0 Å². The molecule has 0 aliphatic carbocycles. The second-order valence-electron chi connectivity index (χ2n) is 5.29. The van der Waals surface area contributed by atoms with Crippen molar-refractivity contribution in [3.05, 3.63) is 56.4 Å². The second kappa shape index (κ2) is 6.30. The first-order chi connectivity index (χ1) is 11.4. The molecular formula is C16H12Cl2N2O4. The van der Waals surface area contributed by atoms with E-state index in [1.165, 1.54) is 17.2 Å². The van der Waals surface area contributed by atoms with E-state index in [0.29, 0.717) is 17.0 Å². The minimum absolute atomic E-state index is 0.0345. The fourth-order valence-corrected chi connectivity index (χ4v) is 2.88. The summed E-state index contributed by atoms with van der Waals surface area (Å²) in [5.74, 6) is 0.00575. The Labute approximate surface area is 147 Å². The number of hydrogen-bond acceptors (Lipinski definition) is 4. The Kier molecular flexibility index (Phi) is 4.34. The van der Waals surface area contributed by atoms with Crippen LogP contribution < -0.4 is 15.2 Å². The molecule has 3 rings (SSSR count). The Morgan fingerprint density at radius 3 is 2.75 bits per heavy atom. The molecule has 0 N–H and O–H groups in total. The summed E-state index contributed by atoms with van der Waals surface area (Å²) in [6, 6.07) is 6.09. The summed E-state index contributed by atoms with van der Waals surface area (Å²) in [7, 11) is 1.61. The van der Waals surface area contributed by atoms with E-state index in [9.17, 15) is 14.4 Å². The molecule has 0 spiro atoms. The standard InChI is InChI=1S/C16H12Cl2N2O4/c1-19-12-4-9(2-3-14(12)24-8-15(19)22)13(21)7-20-6-10(17)5-11(18)16(20)23/h2-6H,7-8H2,1H3. The molecule has 0 unspecified atom stereocenters. The van der Waals surface area contributed by atoms with E-state index in [0.717, 1.165) is 4.57 Å². The molecule has 0 fully saturated rings. The van der Waals surface area contributed by atoms with Crippen LogP contribution in [0.3, 0.4) is 0 Å². The lowest BCUT2D eigenvalue weighted by Crippen LogP contribution is -2.35. The highest BCUT2D eigenvalue weighted by Crippen LogP contribution is 2.32. The van der Waals surface area contributed by atoms with Gasteiger partial charge in [0.25, 0.3) is 11.5 Å². The van der Waals surface area contributed by atoms with Crippen molar-refractivity contribution in [2.24, 2.45) is 0 Å². The largest absolute Gasteiger partial charge is 0.482 e. The van der Waals surface area contributed by atoms with Gasteiger partial charge in [0.1, 0.15) is 10.8 Å². The first-order valence-corrected chi connectivity index (χ1v) is 7.74. The van der Waals surface area contributed by atoms with Crippen LogP contribution in [0, 0.1) is 0 Å². The molecule has 2 heterocycles. The molecule has 1 aromatic heterocycles. The van der Waals surface area contributed by atoms with E-state index in [-0.39, 0.29) is 34.9 Å². The van der Waals surface area contributed by atoms with Crippen molar-refractivity contribution < 1.29 is 14.3 Å². The zero-order chi connectivity index (χ0) is 17.4. The molecule has 124 valence electrons. The average molecular weight is 367 g/mol. The summed E-state index contributed by atoms with van der Waals surface area (Å²) in [6.07, 6.45) is 1.35.